The van der Waals surface area contributed by atoms with Crippen molar-refractivity contribution in [3.8, 4) is 0 Å². The molecule has 1 aromatic rings. The number of hydrogen-bond acceptors (Lipinski definition) is 4. The number of benzene rings is 1. The third-order valence-electron chi connectivity index (χ3n) is 4.03. The van der Waals surface area contributed by atoms with Gasteiger partial charge in [0.1, 0.15) is 0 Å². The van der Waals surface area contributed by atoms with E-state index in [0.717, 1.165) is 18.5 Å². The number of nitro benzene ring substituents is 1. The summed E-state index contributed by atoms with van der Waals surface area (Å²) >= 11 is 0. The van der Waals surface area contributed by atoms with E-state index < -0.39 is 0 Å². The summed E-state index contributed by atoms with van der Waals surface area (Å²) in [7, 11) is 0. The van der Waals surface area contributed by atoms with Gasteiger partial charge in [0.15, 0.2) is 0 Å². The number of rotatable bonds is 4. The topological polar surface area (TPSA) is 72.4 Å². The maximum Gasteiger partial charge on any atom is 0.269 e. The van der Waals surface area contributed by atoms with Crippen molar-refractivity contribution in [1.82, 2.24) is 4.90 Å². The zero-order chi connectivity index (χ0) is 13.8. The van der Waals surface area contributed by atoms with E-state index >= 15 is 0 Å². The van der Waals surface area contributed by atoms with Crippen LogP contribution in [0.4, 0.5) is 5.69 Å². The zero-order valence-electron chi connectivity index (χ0n) is 11.3. The summed E-state index contributed by atoms with van der Waals surface area (Å²) in [5.41, 5.74) is 7.10. The third-order valence-corrected chi connectivity index (χ3v) is 4.03. The first kappa shape index (κ1) is 14.0. The number of likely N-dealkylation sites (tertiary alicyclic amines) is 1. The number of piperidine rings is 1. The van der Waals surface area contributed by atoms with Gasteiger partial charge in [-0.25, -0.2) is 0 Å². The molecule has 1 aromatic carbocycles. The van der Waals surface area contributed by atoms with Crippen molar-refractivity contribution >= 4 is 5.69 Å². The second kappa shape index (κ2) is 6.12. The lowest BCUT2D eigenvalue weighted by atomic mass is 9.97. The van der Waals surface area contributed by atoms with Gasteiger partial charge in [0.2, 0.25) is 0 Å². The van der Waals surface area contributed by atoms with Crippen LogP contribution < -0.4 is 5.73 Å². The summed E-state index contributed by atoms with van der Waals surface area (Å²) < 4.78 is 0. The summed E-state index contributed by atoms with van der Waals surface area (Å²) in [4.78, 5) is 12.7. The maximum absolute atomic E-state index is 10.7. The second-order valence-electron chi connectivity index (χ2n) is 5.15. The van der Waals surface area contributed by atoms with E-state index in [9.17, 15) is 10.1 Å². The van der Waals surface area contributed by atoms with Crippen LogP contribution in [0.2, 0.25) is 0 Å². The molecule has 0 saturated carbocycles. The van der Waals surface area contributed by atoms with Crippen molar-refractivity contribution in [1.29, 1.82) is 0 Å². The van der Waals surface area contributed by atoms with Crippen molar-refractivity contribution in [3.05, 3.63) is 39.9 Å². The highest BCUT2D eigenvalue weighted by Gasteiger charge is 2.26. The molecule has 1 fully saturated rings. The molecule has 1 aliphatic rings. The minimum absolute atomic E-state index is 0.143. The Morgan fingerprint density at radius 3 is 2.68 bits per heavy atom. The fraction of sp³-hybridized carbons (Fsp3) is 0.571. The molecule has 1 aliphatic heterocycles. The molecule has 0 aliphatic carbocycles. The molecule has 19 heavy (non-hydrogen) atoms. The first-order valence-electron chi connectivity index (χ1n) is 6.83. The lowest BCUT2D eigenvalue weighted by Crippen LogP contribution is -2.45. The van der Waals surface area contributed by atoms with Crippen molar-refractivity contribution in [3.63, 3.8) is 0 Å². The number of nitrogens with two attached hydrogens (primary N) is 1. The molecule has 5 nitrogen and oxygen atoms in total. The van der Waals surface area contributed by atoms with E-state index in [1.807, 2.05) is 12.1 Å². The first-order chi connectivity index (χ1) is 9.13. The van der Waals surface area contributed by atoms with E-state index in [0.29, 0.717) is 12.6 Å². The summed E-state index contributed by atoms with van der Waals surface area (Å²) in [5, 5.41) is 10.7. The van der Waals surface area contributed by atoms with Crippen molar-refractivity contribution in [2.24, 2.45) is 5.73 Å². The van der Waals surface area contributed by atoms with Crippen LogP contribution in [0.25, 0.3) is 0 Å². The molecule has 2 N–H and O–H groups in total. The van der Waals surface area contributed by atoms with Crippen LogP contribution >= 0.6 is 0 Å². The SMILES string of the molecule is CC(c1ccc([N+](=O)[O-])cc1)N1CCCCC1CN. The van der Waals surface area contributed by atoms with Crippen molar-refractivity contribution < 1.29 is 4.92 Å². The molecule has 1 heterocycles. The Balaban J connectivity index is 2.13. The molecule has 104 valence electrons. The first-order valence-corrected chi connectivity index (χ1v) is 6.83. The maximum atomic E-state index is 10.7. The molecule has 0 radical (unpaired) electrons. The Hall–Kier alpha value is -1.46. The minimum atomic E-state index is -0.363. The van der Waals surface area contributed by atoms with E-state index in [1.54, 1.807) is 12.1 Å². The van der Waals surface area contributed by atoms with Crippen LogP contribution in [-0.4, -0.2) is 29.0 Å². The quantitative estimate of drug-likeness (QED) is 0.669. The van der Waals surface area contributed by atoms with Crippen molar-refractivity contribution in [2.75, 3.05) is 13.1 Å². The van der Waals surface area contributed by atoms with E-state index in [2.05, 4.69) is 11.8 Å². The van der Waals surface area contributed by atoms with Crippen LogP contribution in [-0.2, 0) is 0 Å². The zero-order valence-corrected chi connectivity index (χ0v) is 11.3. The largest absolute Gasteiger partial charge is 0.329 e. The molecule has 1 saturated heterocycles. The van der Waals surface area contributed by atoms with E-state index in [4.69, 9.17) is 5.73 Å². The average Bonchev–Trinajstić information content (AvgIpc) is 2.46. The highest BCUT2D eigenvalue weighted by atomic mass is 16.6. The third kappa shape index (κ3) is 3.11. The Kier molecular flexibility index (Phi) is 4.50. The molecule has 2 unspecified atom stereocenters. The van der Waals surface area contributed by atoms with E-state index in [-0.39, 0.29) is 16.7 Å². The average molecular weight is 263 g/mol. The fourth-order valence-corrected chi connectivity index (χ4v) is 2.85. The fourth-order valence-electron chi connectivity index (χ4n) is 2.85. The Labute approximate surface area is 113 Å². The van der Waals surface area contributed by atoms with Gasteiger partial charge in [-0.3, -0.25) is 15.0 Å². The Bertz CT molecular complexity index is 433. The van der Waals surface area contributed by atoms with Gasteiger partial charge in [0.05, 0.1) is 4.92 Å². The molecule has 0 bridgehead atoms. The Morgan fingerprint density at radius 2 is 2.11 bits per heavy atom. The predicted octanol–water partition coefficient (Wildman–Crippen LogP) is 2.47. The van der Waals surface area contributed by atoms with Gasteiger partial charge in [-0.2, -0.15) is 0 Å². The summed E-state index contributed by atoms with van der Waals surface area (Å²) in [6.07, 6.45) is 3.59. The standard InChI is InChI=1S/C14H21N3O2/c1-11(16-9-3-2-4-14(16)10-15)12-5-7-13(8-6-12)17(18)19/h5-8,11,14H,2-4,9-10,15H2,1H3. The molecule has 2 atom stereocenters. The summed E-state index contributed by atoms with van der Waals surface area (Å²) in [5.74, 6) is 0. The normalized spacial score (nSPS) is 22.1. The minimum Gasteiger partial charge on any atom is -0.329 e. The highest BCUT2D eigenvalue weighted by Crippen LogP contribution is 2.28. The molecular weight excluding hydrogens is 242 g/mol. The molecule has 0 aromatic heterocycles. The van der Waals surface area contributed by atoms with Crippen molar-refractivity contribution in [2.45, 2.75) is 38.3 Å². The predicted molar refractivity (Wildman–Crippen MR) is 74.9 cm³/mol. The summed E-state index contributed by atoms with van der Waals surface area (Å²) in [6.45, 7) is 3.88. The van der Waals surface area contributed by atoms with Gasteiger partial charge < -0.3 is 5.73 Å². The molecule has 2 rings (SSSR count). The van der Waals surface area contributed by atoms with Gasteiger partial charge >= 0.3 is 0 Å². The highest BCUT2D eigenvalue weighted by molar-refractivity contribution is 5.34. The number of nitrogens with zero attached hydrogens (tertiary/aromatic N) is 2. The number of nitro groups is 1. The van der Waals surface area contributed by atoms with E-state index in [1.165, 1.54) is 12.8 Å². The van der Waals surface area contributed by atoms with Gasteiger partial charge in [0.25, 0.3) is 5.69 Å². The summed E-state index contributed by atoms with van der Waals surface area (Å²) in [6, 6.07) is 7.55. The molecule has 0 amide bonds. The molecule has 0 spiro atoms. The number of hydrogen-bond donors (Lipinski definition) is 1. The number of non-ortho nitro benzene ring substituents is 1. The van der Waals surface area contributed by atoms with Crippen LogP contribution in [0, 0.1) is 10.1 Å². The van der Waals surface area contributed by atoms with Gasteiger partial charge in [0, 0.05) is 30.8 Å². The van der Waals surface area contributed by atoms with Crippen LogP contribution in [0.5, 0.6) is 0 Å². The lowest BCUT2D eigenvalue weighted by Gasteiger charge is -2.39. The Morgan fingerprint density at radius 1 is 1.42 bits per heavy atom. The smallest absolute Gasteiger partial charge is 0.269 e. The van der Waals surface area contributed by atoms with Crippen LogP contribution in [0.1, 0.15) is 37.8 Å². The second-order valence-corrected chi connectivity index (χ2v) is 5.15. The monoisotopic (exact) mass is 263 g/mol. The van der Waals surface area contributed by atoms with Gasteiger partial charge in [-0.15, -0.1) is 0 Å². The lowest BCUT2D eigenvalue weighted by molar-refractivity contribution is -0.384. The van der Waals surface area contributed by atoms with Crippen LogP contribution in [0.3, 0.4) is 0 Å². The molecule has 5 heteroatoms. The molecular formula is C14H21N3O2. The van der Waals surface area contributed by atoms with Gasteiger partial charge in [-0.1, -0.05) is 18.6 Å². The van der Waals surface area contributed by atoms with Gasteiger partial charge in [-0.05, 0) is 31.9 Å². The van der Waals surface area contributed by atoms with Crippen LogP contribution in [0.15, 0.2) is 24.3 Å².